The molecule has 3 heterocycles. The first-order valence-electron chi connectivity index (χ1n) is 8.50. The van der Waals surface area contributed by atoms with E-state index < -0.39 is 6.10 Å². The van der Waals surface area contributed by atoms with Crippen LogP contribution >= 0.6 is 0 Å². The van der Waals surface area contributed by atoms with Crippen LogP contribution < -0.4 is 0 Å². The van der Waals surface area contributed by atoms with Gasteiger partial charge in [-0.15, -0.1) is 0 Å². The van der Waals surface area contributed by atoms with Crippen LogP contribution in [0.4, 0.5) is 0 Å². The molecule has 7 nitrogen and oxygen atoms in total. The molecule has 24 heavy (non-hydrogen) atoms. The van der Waals surface area contributed by atoms with Crippen LogP contribution in [0.15, 0.2) is 18.7 Å². The lowest BCUT2D eigenvalue weighted by atomic mass is 10.1. The maximum Gasteiger partial charge on any atom is 0.222 e. The first-order valence-corrected chi connectivity index (χ1v) is 8.50. The Bertz CT molecular complexity index is 660. The Balaban J connectivity index is 1.58. The van der Waals surface area contributed by atoms with E-state index in [4.69, 9.17) is 0 Å². The molecule has 0 radical (unpaired) electrons. The Morgan fingerprint density at radius 2 is 2.17 bits per heavy atom. The second kappa shape index (κ2) is 7.17. The molecule has 3 rings (SSSR count). The number of hydrogen-bond donors (Lipinski definition) is 2. The Morgan fingerprint density at radius 1 is 1.38 bits per heavy atom. The van der Waals surface area contributed by atoms with Crippen LogP contribution in [0.25, 0.3) is 0 Å². The number of carbonyl (C=O) groups is 1. The molecule has 0 aliphatic carbocycles. The molecule has 1 amide bonds. The van der Waals surface area contributed by atoms with E-state index in [1.54, 1.807) is 12.5 Å². The predicted molar refractivity (Wildman–Crippen MR) is 89.5 cm³/mol. The summed E-state index contributed by atoms with van der Waals surface area (Å²) in [7, 11) is 0. The number of amides is 1. The normalized spacial score (nSPS) is 21.7. The van der Waals surface area contributed by atoms with Crippen LogP contribution in [0.3, 0.4) is 0 Å². The maximum absolute atomic E-state index is 12.6. The molecule has 7 heteroatoms. The topological polar surface area (TPSA) is 87.0 Å². The van der Waals surface area contributed by atoms with Crippen LogP contribution in [0.1, 0.15) is 42.3 Å². The minimum absolute atomic E-state index is 0.0105. The van der Waals surface area contributed by atoms with Gasteiger partial charge in [0.05, 0.1) is 24.2 Å². The van der Waals surface area contributed by atoms with Crippen molar-refractivity contribution in [2.45, 2.75) is 51.7 Å². The van der Waals surface area contributed by atoms with Crippen molar-refractivity contribution in [3.63, 3.8) is 0 Å². The summed E-state index contributed by atoms with van der Waals surface area (Å²) in [5.74, 6) is 0.147. The summed E-state index contributed by atoms with van der Waals surface area (Å²) in [6.45, 7) is 5.22. The lowest BCUT2D eigenvalue weighted by Crippen LogP contribution is -2.32. The van der Waals surface area contributed by atoms with Gasteiger partial charge in [-0.25, -0.2) is 4.98 Å². The van der Waals surface area contributed by atoms with Gasteiger partial charge in [-0.05, 0) is 38.7 Å². The zero-order chi connectivity index (χ0) is 17.1. The summed E-state index contributed by atoms with van der Waals surface area (Å²) in [4.78, 5) is 18.5. The van der Waals surface area contributed by atoms with E-state index in [0.717, 1.165) is 23.4 Å². The number of nitrogens with one attached hydrogen (secondary N) is 1. The number of aryl methyl sites for hydroxylation is 2. The average Bonchev–Trinajstić information content (AvgIpc) is 3.14. The fourth-order valence-corrected chi connectivity index (χ4v) is 3.47. The van der Waals surface area contributed by atoms with Crippen LogP contribution in [-0.4, -0.2) is 54.9 Å². The van der Waals surface area contributed by atoms with Crippen molar-refractivity contribution in [2.24, 2.45) is 0 Å². The van der Waals surface area contributed by atoms with E-state index in [-0.39, 0.29) is 11.9 Å². The number of carbonyl (C=O) groups excluding carboxylic acids is 1. The third-order valence-corrected chi connectivity index (χ3v) is 4.96. The molecule has 1 saturated heterocycles. The van der Waals surface area contributed by atoms with Crippen molar-refractivity contribution >= 4 is 5.91 Å². The van der Waals surface area contributed by atoms with Gasteiger partial charge in [-0.1, -0.05) is 0 Å². The summed E-state index contributed by atoms with van der Waals surface area (Å²) < 4.78 is 1.94. The van der Waals surface area contributed by atoms with Crippen LogP contribution in [0.5, 0.6) is 0 Å². The quantitative estimate of drug-likeness (QED) is 0.886. The molecule has 0 aromatic carbocycles. The predicted octanol–water partition coefficient (Wildman–Crippen LogP) is 1.38. The molecule has 1 fully saturated rings. The molecular weight excluding hydrogens is 306 g/mol. The van der Waals surface area contributed by atoms with Crippen LogP contribution in [0, 0.1) is 13.8 Å². The summed E-state index contributed by atoms with van der Waals surface area (Å²) >= 11 is 0. The molecule has 1 aliphatic rings. The third-order valence-electron chi connectivity index (χ3n) is 4.96. The molecule has 2 atom stereocenters. The number of nitrogens with zero attached hydrogens (tertiary/aromatic N) is 4. The molecule has 0 saturated carbocycles. The Hall–Kier alpha value is -2.15. The summed E-state index contributed by atoms with van der Waals surface area (Å²) in [5.41, 5.74) is 3.13. The number of aliphatic hydroxyl groups is 1. The molecular formula is C17H25N5O2. The molecule has 2 N–H and O–H groups in total. The number of aromatic amines is 1. The van der Waals surface area contributed by atoms with Crippen molar-refractivity contribution in [1.29, 1.82) is 0 Å². The first-order chi connectivity index (χ1) is 11.6. The number of imidazole rings is 1. The number of aliphatic hydroxyl groups excluding tert-OH is 1. The SMILES string of the molecule is Cc1n[nH]c(C)c1CCC(=O)N1CC[C@H](O)[C@@H](n2ccnc2)CC1. The molecule has 2 aromatic heterocycles. The third kappa shape index (κ3) is 3.51. The summed E-state index contributed by atoms with van der Waals surface area (Å²) in [5, 5.41) is 17.5. The fourth-order valence-electron chi connectivity index (χ4n) is 3.47. The Kier molecular flexibility index (Phi) is 4.99. The van der Waals surface area contributed by atoms with E-state index >= 15 is 0 Å². The number of aromatic nitrogens is 4. The lowest BCUT2D eigenvalue weighted by molar-refractivity contribution is -0.131. The zero-order valence-corrected chi connectivity index (χ0v) is 14.3. The molecule has 0 bridgehead atoms. The summed E-state index contributed by atoms with van der Waals surface area (Å²) in [6.07, 6.45) is 7.40. The van der Waals surface area contributed by atoms with Crippen LogP contribution in [-0.2, 0) is 11.2 Å². The van der Waals surface area contributed by atoms with Gasteiger partial charge in [0.15, 0.2) is 0 Å². The minimum Gasteiger partial charge on any atom is -0.391 e. The second-order valence-electron chi connectivity index (χ2n) is 6.52. The highest BCUT2D eigenvalue weighted by Crippen LogP contribution is 2.23. The van der Waals surface area contributed by atoms with Crippen molar-refractivity contribution < 1.29 is 9.90 Å². The average molecular weight is 331 g/mol. The van der Waals surface area contributed by atoms with Crippen molar-refractivity contribution in [3.05, 3.63) is 35.7 Å². The number of H-pyrrole nitrogens is 1. The van der Waals surface area contributed by atoms with Gasteiger partial charge < -0.3 is 14.6 Å². The monoisotopic (exact) mass is 331 g/mol. The van der Waals surface area contributed by atoms with Crippen molar-refractivity contribution in [2.75, 3.05) is 13.1 Å². The van der Waals surface area contributed by atoms with Gasteiger partial charge in [-0.2, -0.15) is 5.10 Å². The van der Waals surface area contributed by atoms with E-state index in [1.807, 2.05) is 29.5 Å². The van der Waals surface area contributed by atoms with Gasteiger partial charge >= 0.3 is 0 Å². The highest BCUT2D eigenvalue weighted by Gasteiger charge is 2.27. The minimum atomic E-state index is -0.449. The van der Waals surface area contributed by atoms with Gasteiger partial charge in [0.25, 0.3) is 0 Å². The van der Waals surface area contributed by atoms with Crippen LogP contribution in [0.2, 0.25) is 0 Å². The first kappa shape index (κ1) is 16.7. The van der Waals surface area contributed by atoms with Crippen molar-refractivity contribution in [3.8, 4) is 0 Å². The number of likely N-dealkylation sites (tertiary alicyclic amines) is 1. The van der Waals surface area contributed by atoms with Gasteiger partial charge in [0.2, 0.25) is 5.91 Å². The number of hydrogen-bond acceptors (Lipinski definition) is 4. The standard InChI is InChI=1S/C17H25N5O2/c1-12-14(13(2)20-19-12)3-4-17(24)21-8-5-15(16(23)6-9-21)22-10-7-18-11-22/h7,10-11,15-16,23H,3-6,8-9H2,1-2H3,(H,19,20)/t15-,16-/m0/s1. The highest BCUT2D eigenvalue weighted by atomic mass is 16.3. The van der Waals surface area contributed by atoms with E-state index in [2.05, 4.69) is 15.2 Å². The Morgan fingerprint density at radius 3 is 2.83 bits per heavy atom. The van der Waals surface area contributed by atoms with Gasteiger partial charge in [-0.3, -0.25) is 9.89 Å². The zero-order valence-electron chi connectivity index (χ0n) is 14.3. The molecule has 0 unspecified atom stereocenters. The largest absolute Gasteiger partial charge is 0.391 e. The molecule has 130 valence electrons. The van der Waals surface area contributed by atoms with E-state index in [1.165, 1.54) is 0 Å². The van der Waals surface area contributed by atoms with Gasteiger partial charge in [0.1, 0.15) is 0 Å². The van der Waals surface area contributed by atoms with Gasteiger partial charge in [0, 0.05) is 37.6 Å². The molecule has 2 aromatic rings. The highest BCUT2D eigenvalue weighted by molar-refractivity contribution is 5.76. The molecule has 0 spiro atoms. The number of rotatable bonds is 4. The maximum atomic E-state index is 12.6. The second-order valence-corrected chi connectivity index (χ2v) is 6.52. The van der Waals surface area contributed by atoms with E-state index in [0.29, 0.717) is 32.4 Å². The fraction of sp³-hybridized carbons (Fsp3) is 0.588. The summed E-state index contributed by atoms with van der Waals surface area (Å²) in [6, 6.07) is -0.0105. The Labute approximate surface area is 141 Å². The lowest BCUT2D eigenvalue weighted by Gasteiger charge is -2.21. The van der Waals surface area contributed by atoms with E-state index in [9.17, 15) is 9.90 Å². The smallest absolute Gasteiger partial charge is 0.222 e. The molecule has 1 aliphatic heterocycles. The van der Waals surface area contributed by atoms with Crippen molar-refractivity contribution in [1.82, 2.24) is 24.6 Å².